The molecule has 0 saturated carbocycles. The van der Waals surface area contributed by atoms with Gasteiger partial charge in [-0.25, -0.2) is 17.5 Å². The van der Waals surface area contributed by atoms with Gasteiger partial charge in [-0.2, -0.15) is 0 Å². The maximum atomic E-state index is 13.1. The number of hydrogen-bond acceptors (Lipinski definition) is 4. The van der Waals surface area contributed by atoms with Crippen molar-refractivity contribution in [2.45, 2.75) is 13.3 Å². The maximum Gasteiger partial charge on any atom is 0.208 e. The highest BCUT2D eigenvalue weighted by atomic mass is 32.2. The minimum Gasteiger partial charge on any atom is -0.368 e. The summed E-state index contributed by atoms with van der Waals surface area (Å²) in [5.41, 5.74) is 1.03. The number of sulfonamides is 1. The lowest BCUT2D eigenvalue weighted by atomic mass is 10.2. The number of nitrogens with zero attached hydrogens (tertiary/aromatic N) is 3. The first-order valence-corrected chi connectivity index (χ1v) is 10.8. The third kappa shape index (κ3) is 6.80. The van der Waals surface area contributed by atoms with E-state index in [0.717, 1.165) is 50.6 Å². The zero-order valence-electron chi connectivity index (χ0n) is 15.4. The van der Waals surface area contributed by atoms with Crippen molar-refractivity contribution in [3.05, 3.63) is 30.1 Å². The Morgan fingerprint density at radius 3 is 2.42 bits per heavy atom. The Balaban J connectivity index is 1.84. The molecule has 1 heterocycles. The molecule has 1 aliphatic rings. The molecule has 0 amide bonds. The average molecular weight is 386 g/mol. The minimum atomic E-state index is -3.14. The number of aliphatic imine (C=N–C) groups is 1. The van der Waals surface area contributed by atoms with E-state index >= 15 is 0 Å². The maximum absolute atomic E-state index is 13.1. The summed E-state index contributed by atoms with van der Waals surface area (Å²) < 4.78 is 37.6. The molecule has 2 rings (SSSR count). The Morgan fingerprint density at radius 1 is 1.19 bits per heavy atom. The van der Waals surface area contributed by atoms with Crippen molar-refractivity contribution >= 4 is 21.7 Å². The molecule has 0 aliphatic carbocycles. The average Bonchev–Trinajstić information content (AvgIpc) is 2.60. The fraction of sp³-hybridized carbons (Fsp3) is 0.588. The number of hydrogen-bond donors (Lipinski definition) is 2. The van der Waals surface area contributed by atoms with Crippen LogP contribution in [0.1, 0.15) is 13.3 Å². The molecule has 0 unspecified atom stereocenters. The van der Waals surface area contributed by atoms with Gasteiger partial charge in [0.1, 0.15) is 5.82 Å². The van der Waals surface area contributed by atoms with Crippen molar-refractivity contribution in [1.29, 1.82) is 0 Å². The second kappa shape index (κ2) is 9.72. The summed E-state index contributed by atoms with van der Waals surface area (Å²) in [4.78, 5) is 9.03. The molecule has 0 bridgehead atoms. The molecule has 26 heavy (non-hydrogen) atoms. The molecule has 1 saturated heterocycles. The second-order valence-corrected chi connectivity index (χ2v) is 8.04. The molecular formula is C17H28FN5O2S. The van der Waals surface area contributed by atoms with Crippen molar-refractivity contribution in [2.24, 2.45) is 4.99 Å². The van der Waals surface area contributed by atoms with Gasteiger partial charge in [0.05, 0.1) is 6.26 Å². The summed E-state index contributed by atoms with van der Waals surface area (Å²) >= 11 is 0. The number of piperazine rings is 1. The third-order valence-corrected chi connectivity index (χ3v) is 4.80. The molecule has 0 atom stereocenters. The number of rotatable bonds is 7. The fourth-order valence-corrected chi connectivity index (χ4v) is 3.29. The van der Waals surface area contributed by atoms with Gasteiger partial charge in [-0.1, -0.05) is 0 Å². The van der Waals surface area contributed by atoms with Crippen LogP contribution < -0.4 is 14.9 Å². The smallest absolute Gasteiger partial charge is 0.208 e. The lowest BCUT2D eigenvalue weighted by molar-refractivity contribution is 0.372. The van der Waals surface area contributed by atoms with Gasteiger partial charge in [0.25, 0.3) is 0 Å². The molecule has 1 aromatic carbocycles. The van der Waals surface area contributed by atoms with Crippen LogP contribution in [0.15, 0.2) is 29.3 Å². The molecule has 0 radical (unpaired) electrons. The number of guanidine groups is 1. The lowest BCUT2D eigenvalue weighted by Crippen LogP contribution is -2.52. The highest BCUT2D eigenvalue weighted by Gasteiger charge is 2.19. The molecule has 1 aromatic rings. The normalized spacial score (nSPS) is 16.0. The van der Waals surface area contributed by atoms with Crippen molar-refractivity contribution in [1.82, 2.24) is 14.9 Å². The van der Waals surface area contributed by atoms with Crippen LogP contribution in [0, 0.1) is 5.82 Å². The molecule has 7 nitrogen and oxygen atoms in total. The van der Waals surface area contributed by atoms with E-state index < -0.39 is 10.0 Å². The van der Waals surface area contributed by atoms with E-state index in [2.05, 4.69) is 24.8 Å². The van der Waals surface area contributed by atoms with E-state index in [0.29, 0.717) is 19.5 Å². The number of benzene rings is 1. The summed E-state index contributed by atoms with van der Waals surface area (Å²) in [6, 6.07) is 6.58. The van der Waals surface area contributed by atoms with Gasteiger partial charge >= 0.3 is 0 Å². The number of halogens is 1. The summed E-state index contributed by atoms with van der Waals surface area (Å²) in [5, 5.41) is 3.29. The van der Waals surface area contributed by atoms with Gasteiger partial charge < -0.3 is 15.1 Å². The first-order chi connectivity index (χ1) is 12.4. The summed E-state index contributed by atoms with van der Waals surface area (Å²) in [6.07, 6.45) is 1.80. The third-order valence-electron chi connectivity index (χ3n) is 4.07. The first kappa shape index (κ1) is 20.4. The highest BCUT2D eigenvalue weighted by molar-refractivity contribution is 7.88. The van der Waals surface area contributed by atoms with Gasteiger partial charge in [-0.15, -0.1) is 0 Å². The lowest BCUT2D eigenvalue weighted by Gasteiger charge is -2.37. The van der Waals surface area contributed by atoms with E-state index in [1.165, 1.54) is 12.1 Å². The summed E-state index contributed by atoms with van der Waals surface area (Å²) in [6.45, 7) is 7.07. The Labute approximate surface area is 155 Å². The Bertz CT molecular complexity index is 686. The van der Waals surface area contributed by atoms with Crippen LogP contribution in [-0.2, 0) is 10.0 Å². The highest BCUT2D eigenvalue weighted by Crippen LogP contribution is 2.16. The van der Waals surface area contributed by atoms with Gasteiger partial charge in [0.2, 0.25) is 10.0 Å². The SMILES string of the molecule is CCNC(=NCCCNS(C)(=O)=O)N1CCN(c2ccc(F)cc2)CC1. The summed E-state index contributed by atoms with van der Waals surface area (Å²) in [5.74, 6) is 0.630. The Hall–Kier alpha value is -1.87. The first-order valence-electron chi connectivity index (χ1n) is 8.87. The van der Waals surface area contributed by atoms with Gasteiger partial charge in [0, 0.05) is 51.5 Å². The van der Waals surface area contributed by atoms with E-state index in [4.69, 9.17) is 0 Å². The minimum absolute atomic E-state index is 0.223. The zero-order chi connectivity index (χ0) is 19.0. The van der Waals surface area contributed by atoms with Crippen molar-refractivity contribution < 1.29 is 12.8 Å². The predicted molar refractivity (Wildman–Crippen MR) is 104 cm³/mol. The van der Waals surface area contributed by atoms with Crippen LogP contribution in [0.3, 0.4) is 0 Å². The second-order valence-electron chi connectivity index (χ2n) is 6.21. The molecule has 0 spiro atoms. The van der Waals surface area contributed by atoms with Crippen molar-refractivity contribution in [3.8, 4) is 0 Å². The molecule has 0 aromatic heterocycles. The Morgan fingerprint density at radius 2 is 1.85 bits per heavy atom. The zero-order valence-corrected chi connectivity index (χ0v) is 16.2. The monoisotopic (exact) mass is 385 g/mol. The number of nitrogens with one attached hydrogen (secondary N) is 2. The molecule has 1 aliphatic heterocycles. The van der Waals surface area contributed by atoms with Crippen LogP contribution in [-0.4, -0.2) is 71.3 Å². The van der Waals surface area contributed by atoms with E-state index in [1.807, 2.05) is 6.92 Å². The van der Waals surface area contributed by atoms with Crippen LogP contribution in [0.2, 0.25) is 0 Å². The number of anilines is 1. The van der Waals surface area contributed by atoms with Crippen LogP contribution >= 0.6 is 0 Å². The van der Waals surface area contributed by atoms with E-state index in [9.17, 15) is 12.8 Å². The fourth-order valence-electron chi connectivity index (χ4n) is 2.78. The standard InChI is InChI=1S/C17H28FN5O2S/c1-3-19-17(20-9-4-10-21-26(2,24)25)23-13-11-22(12-14-23)16-7-5-15(18)6-8-16/h5-8,21H,3-4,9-14H2,1-2H3,(H,19,20). The predicted octanol–water partition coefficient (Wildman–Crippen LogP) is 0.853. The van der Waals surface area contributed by atoms with E-state index in [1.54, 1.807) is 12.1 Å². The quantitative estimate of drug-likeness (QED) is 0.413. The van der Waals surface area contributed by atoms with Gasteiger partial charge in [-0.05, 0) is 37.6 Å². The van der Waals surface area contributed by atoms with Gasteiger partial charge in [-0.3, -0.25) is 4.99 Å². The molecule has 9 heteroatoms. The van der Waals surface area contributed by atoms with Crippen LogP contribution in [0.4, 0.5) is 10.1 Å². The molecule has 146 valence electrons. The largest absolute Gasteiger partial charge is 0.368 e. The topological polar surface area (TPSA) is 77.0 Å². The van der Waals surface area contributed by atoms with Crippen molar-refractivity contribution in [2.75, 3.05) is 57.0 Å². The van der Waals surface area contributed by atoms with E-state index in [-0.39, 0.29) is 5.82 Å². The Kier molecular flexibility index (Phi) is 7.65. The van der Waals surface area contributed by atoms with Gasteiger partial charge in [0.15, 0.2) is 5.96 Å². The van der Waals surface area contributed by atoms with Crippen LogP contribution in [0.5, 0.6) is 0 Å². The van der Waals surface area contributed by atoms with Crippen molar-refractivity contribution in [3.63, 3.8) is 0 Å². The van der Waals surface area contributed by atoms with Crippen LogP contribution in [0.25, 0.3) is 0 Å². The molecule has 2 N–H and O–H groups in total. The molecular weight excluding hydrogens is 357 g/mol. The molecule has 1 fully saturated rings. The summed E-state index contributed by atoms with van der Waals surface area (Å²) in [7, 11) is -3.14.